The number of ether oxygens (including phenoxy) is 1. The van der Waals surface area contributed by atoms with Gasteiger partial charge in [0.2, 0.25) is 0 Å². The molecule has 0 aliphatic carbocycles. The molecule has 2 aromatic carbocycles. The maximum Gasteiger partial charge on any atom is 0.128 e. The molecule has 88 valence electrons. The number of hydrogen-bond acceptors (Lipinski definition) is 2. The number of rotatable bonds is 2. The van der Waals surface area contributed by atoms with Crippen molar-refractivity contribution in [3.8, 4) is 16.9 Å². The Kier molecular flexibility index (Phi) is 3.33. The van der Waals surface area contributed by atoms with E-state index in [0.29, 0.717) is 11.4 Å². The lowest BCUT2D eigenvalue weighted by Crippen LogP contribution is -1.93. The maximum absolute atomic E-state index is 12.9. The van der Waals surface area contributed by atoms with Crippen LogP contribution in [0.25, 0.3) is 11.1 Å². The number of nitrogen functional groups attached to an aromatic ring is 1. The molecule has 4 heteroatoms. The largest absolute Gasteiger partial charge is 0.496 e. The number of benzene rings is 2. The molecule has 2 N–H and O–H groups in total. The summed E-state index contributed by atoms with van der Waals surface area (Å²) in [5.41, 5.74) is 8.13. The zero-order valence-electron chi connectivity index (χ0n) is 9.21. The summed E-state index contributed by atoms with van der Waals surface area (Å²) in [6.45, 7) is 0. The molecule has 0 radical (unpaired) electrons. The molecule has 0 bridgehead atoms. The molecule has 2 rings (SSSR count). The first-order valence-electron chi connectivity index (χ1n) is 5.01. The van der Waals surface area contributed by atoms with E-state index in [1.54, 1.807) is 25.3 Å². The lowest BCUT2D eigenvalue weighted by Gasteiger charge is -2.11. The molecular weight excluding hydrogens is 285 g/mol. The van der Waals surface area contributed by atoms with Crippen molar-refractivity contribution < 1.29 is 9.13 Å². The molecule has 0 saturated heterocycles. The van der Waals surface area contributed by atoms with Gasteiger partial charge in [0, 0.05) is 21.8 Å². The van der Waals surface area contributed by atoms with Gasteiger partial charge in [0.05, 0.1) is 7.11 Å². The second-order valence-corrected chi connectivity index (χ2v) is 4.44. The van der Waals surface area contributed by atoms with E-state index in [-0.39, 0.29) is 5.82 Å². The SMILES string of the molecule is COc1cc(N)c(Br)cc1-c1ccc(F)cc1. The van der Waals surface area contributed by atoms with Crippen molar-refractivity contribution in [3.63, 3.8) is 0 Å². The average Bonchev–Trinajstić information content (AvgIpc) is 2.33. The Morgan fingerprint density at radius 3 is 2.41 bits per heavy atom. The monoisotopic (exact) mass is 295 g/mol. The molecule has 0 unspecified atom stereocenters. The third-order valence-electron chi connectivity index (χ3n) is 2.47. The molecule has 0 aliphatic rings. The van der Waals surface area contributed by atoms with E-state index >= 15 is 0 Å². The molecule has 0 amide bonds. The van der Waals surface area contributed by atoms with E-state index in [4.69, 9.17) is 10.5 Å². The van der Waals surface area contributed by atoms with Crippen molar-refractivity contribution in [2.24, 2.45) is 0 Å². The Bertz CT molecular complexity index is 540. The predicted octanol–water partition coefficient (Wildman–Crippen LogP) is 3.85. The van der Waals surface area contributed by atoms with Crippen LogP contribution in [-0.2, 0) is 0 Å². The molecular formula is C13H11BrFNO. The minimum atomic E-state index is -0.262. The summed E-state index contributed by atoms with van der Waals surface area (Å²) in [5.74, 6) is 0.402. The molecule has 0 aliphatic heterocycles. The maximum atomic E-state index is 12.9. The van der Waals surface area contributed by atoms with E-state index in [2.05, 4.69) is 15.9 Å². The second-order valence-electron chi connectivity index (χ2n) is 3.58. The topological polar surface area (TPSA) is 35.2 Å². The zero-order valence-corrected chi connectivity index (χ0v) is 10.8. The number of halogens is 2. The van der Waals surface area contributed by atoms with Crippen molar-refractivity contribution in [2.75, 3.05) is 12.8 Å². The fraction of sp³-hybridized carbons (Fsp3) is 0.0769. The van der Waals surface area contributed by atoms with Gasteiger partial charge in [-0.1, -0.05) is 12.1 Å². The number of nitrogens with two attached hydrogens (primary N) is 1. The standard InChI is InChI=1S/C13H11BrFNO/c1-17-13-7-12(16)11(14)6-10(13)8-2-4-9(15)5-3-8/h2-7H,16H2,1H3. The van der Waals surface area contributed by atoms with Gasteiger partial charge in [-0.25, -0.2) is 4.39 Å². The van der Waals surface area contributed by atoms with E-state index in [9.17, 15) is 4.39 Å². The number of anilines is 1. The summed E-state index contributed by atoms with van der Waals surface area (Å²) in [7, 11) is 1.58. The fourth-order valence-corrected chi connectivity index (χ4v) is 1.94. The predicted molar refractivity (Wildman–Crippen MR) is 70.5 cm³/mol. The fourth-order valence-electron chi connectivity index (χ4n) is 1.59. The van der Waals surface area contributed by atoms with Gasteiger partial charge in [0.25, 0.3) is 0 Å². The van der Waals surface area contributed by atoms with E-state index in [1.165, 1.54) is 12.1 Å². The summed E-state index contributed by atoms with van der Waals surface area (Å²) in [5, 5.41) is 0. The minimum Gasteiger partial charge on any atom is -0.496 e. The van der Waals surface area contributed by atoms with Crippen LogP contribution in [0.1, 0.15) is 0 Å². The lowest BCUT2D eigenvalue weighted by atomic mass is 10.0. The van der Waals surface area contributed by atoms with Crippen LogP contribution >= 0.6 is 15.9 Å². The van der Waals surface area contributed by atoms with Gasteiger partial charge in [-0.05, 0) is 39.7 Å². The molecule has 2 nitrogen and oxygen atoms in total. The van der Waals surface area contributed by atoms with Crippen LogP contribution in [0.15, 0.2) is 40.9 Å². The van der Waals surface area contributed by atoms with Gasteiger partial charge < -0.3 is 10.5 Å². The Labute approximate surface area is 107 Å². The van der Waals surface area contributed by atoms with Crippen LogP contribution in [0.5, 0.6) is 5.75 Å². The van der Waals surface area contributed by atoms with E-state index < -0.39 is 0 Å². The molecule has 0 aromatic heterocycles. The van der Waals surface area contributed by atoms with Crippen LogP contribution in [0.3, 0.4) is 0 Å². The highest BCUT2D eigenvalue weighted by Gasteiger charge is 2.09. The first-order chi connectivity index (χ1) is 8.11. The smallest absolute Gasteiger partial charge is 0.128 e. The van der Waals surface area contributed by atoms with E-state index in [1.807, 2.05) is 6.07 Å². The summed E-state index contributed by atoms with van der Waals surface area (Å²) in [6.07, 6.45) is 0. The zero-order chi connectivity index (χ0) is 12.4. The van der Waals surface area contributed by atoms with Crippen LogP contribution in [0, 0.1) is 5.82 Å². The van der Waals surface area contributed by atoms with Crippen molar-refractivity contribution in [2.45, 2.75) is 0 Å². The van der Waals surface area contributed by atoms with Gasteiger partial charge in [-0.3, -0.25) is 0 Å². The lowest BCUT2D eigenvalue weighted by molar-refractivity contribution is 0.416. The Morgan fingerprint density at radius 1 is 1.18 bits per heavy atom. The Balaban J connectivity index is 2.57. The van der Waals surface area contributed by atoms with Gasteiger partial charge in [-0.2, -0.15) is 0 Å². The molecule has 0 fully saturated rings. The normalized spacial score (nSPS) is 10.3. The van der Waals surface area contributed by atoms with Gasteiger partial charge in [0.15, 0.2) is 0 Å². The number of hydrogen-bond donors (Lipinski definition) is 1. The highest BCUT2D eigenvalue weighted by molar-refractivity contribution is 9.10. The van der Waals surface area contributed by atoms with E-state index in [0.717, 1.165) is 15.6 Å². The van der Waals surface area contributed by atoms with Crippen LogP contribution in [0.4, 0.5) is 10.1 Å². The molecule has 2 aromatic rings. The first-order valence-corrected chi connectivity index (χ1v) is 5.80. The highest BCUT2D eigenvalue weighted by atomic mass is 79.9. The molecule has 0 spiro atoms. The third-order valence-corrected chi connectivity index (χ3v) is 3.16. The summed E-state index contributed by atoms with van der Waals surface area (Å²) in [6, 6.07) is 9.84. The summed E-state index contributed by atoms with van der Waals surface area (Å²) in [4.78, 5) is 0. The second kappa shape index (κ2) is 4.75. The van der Waals surface area contributed by atoms with Gasteiger partial charge >= 0.3 is 0 Å². The molecule has 0 heterocycles. The average molecular weight is 296 g/mol. The quantitative estimate of drug-likeness (QED) is 0.854. The van der Waals surface area contributed by atoms with Crippen molar-refractivity contribution in [1.29, 1.82) is 0 Å². The van der Waals surface area contributed by atoms with Crippen LogP contribution < -0.4 is 10.5 Å². The van der Waals surface area contributed by atoms with Crippen LogP contribution in [0.2, 0.25) is 0 Å². The highest BCUT2D eigenvalue weighted by Crippen LogP contribution is 2.36. The Hall–Kier alpha value is -1.55. The Morgan fingerprint density at radius 2 is 1.82 bits per heavy atom. The van der Waals surface area contributed by atoms with Crippen LogP contribution in [-0.4, -0.2) is 7.11 Å². The van der Waals surface area contributed by atoms with Gasteiger partial charge in [-0.15, -0.1) is 0 Å². The molecule has 0 atom stereocenters. The van der Waals surface area contributed by atoms with Crippen molar-refractivity contribution in [3.05, 3.63) is 46.7 Å². The number of methoxy groups -OCH3 is 1. The van der Waals surface area contributed by atoms with Crippen molar-refractivity contribution >= 4 is 21.6 Å². The summed E-state index contributed by atoms with van der Waals surface area (Å²) < 4.78 is 18.9. The molecule has 17 heavy (non-hydrogen) atoms. The molecule has 0 saturated carbocycles. The first kappa shape index (κ1) is 11.9. The third kappa shape index (κ3) is 2.42. The minimum absolute atomic E-state index is 0.262. The van der Waals surface area contributed by atoms with Gasteiger partial charge in [0.1, 0.15) is 11.6 Å². The van der Waals surface area contributed by atoms with Crippen molar-refractivity contribution in [1.82, 2.24) is 0 Å². The summed E-state index contributed by atoms with van der Waals surface area (Å²) >= 11 is 3.37.